The van der Waals surface area contributed by atoms with Gasteiger partial charge in [0, 0.05) is 0 Å². The maximum absolute atomic E-state index is 11.8. The summed E-state index contributed by atoms with van der Waals surface area (Å²) in [5.74, 6) is -0.00725. The second kappa shape index (κ2) is 6.21. The Bertz CT molecular complexity index is 576. The lowest BCUT2D eigenvalue weighted by Gasteiger charge is -2.19. The summed E-state index contributed by atoms with van der Waals surface area (Å²) in [6.07, 6.45) is 2.79. The van der Waals surface area contributed by atoms with Gasteiger partial charge in [-0.2, -0.15) is 0 Å². The Morgan fingerprint density at radius 2 is 2.00 bits per heavy atom. The molecule has 1 N–H and O–H groups in total. The zero-order valence-corrected chi connectivity index (χ0v) is 13.1. The van der Waals surface area contributed by atoms with Crippen molar-refractivity contribution in [2.24, 2.45) is 0 Å². The number of nitrogens with one attached hydrogen (secondary N) is 1. The van der Waals surface area contributed by atoms with Gasteiger partial charge >= 0.3 is 12.1 Å². The first-order valence-corrected chi connectivity index (χ1v) is 7.03. The molecule has 0 atom stereocenters. The number of amides is 1. The minimum Gasteiger partial charge on any atom is -0.488 e. The SMILES string of the molecule is COC(=O)c1cc(NC(=O)OC(C)(C)C)ncc1OC1CC1. The van der Waals surface area contributed by atoms with Gasteiger partial charge in [0.15, 0.2) is 5.75 Å². The molecular weight excluding hydrogens is 288 g/mol. The van der Waals surface area contributed by atoms with Gasteiger partial charge < -0.3 is 14.2 Å². The molecule has 22 heavy (non-hydrogen) atoms. The monoisotopic (exact) mass is 308 g/mol. The predicted octanol–water partition coefficient (Wildman–Crippen LogP) is 2.76. The second-order valence-corrected chi connectivity index (χ2v) is 6.00. The van der Waals surface area contributed by atoms with Crippen LogP contribution in [0, 0.1) is 0 Å². The van der Waals surface area contributed by atoms with E-state index in [-0.39, 0.29) is 17.5 Å². The number of pyridine rings is 1. The predicted molar refractivity (Wildman–Crippen MR) is 79.1 cm³/mol. The van der Waals surface area contributed by atoms with Crippen LogP contribution in [0.1, 0.15) is 44.0 Å². The molecule has 0 spiro atoms. The number of rotatable bonds is 4. The number of hydrogen-bond acceptors (Lipinski definition) is 6. The van der Waals surface area contributed by atoms with Crippen molar-refractivity contribution in [1.82, 2.24) is 4.98 Å². The molecule has 1 heterocycles. The third-order valence-corrected chi connectivity index (χ3v) is 2.72. The van der Waals surface area contributed by atoms with Crippen molar-refractivity contribution in [3.05, 3.63) is 17.8 Å². The highest BCUT2D eigenvalue weighted by Gasteiger charge is 2.27. The van der Waals surface area contributed by atoms with Crippen molar-refractivity contribution in [3.63, 3.8) is 0 Å². The molecule has 0 unspecified atom stereocenters. The van der Waals surface area contributed by atoms with Gasteiger partial charge in [0.05, 0.1) is 19.4 Å². The fourth-order valence-corrected chi connectivity index (χ4v) is 1.65. The second-order valence-electron chi connectivity index (χ2n) is 6.00. The van der Waals surface area contributed by atoms with Crippen LogP contribution in [0.15, 0.2) is 12.3 Å². The van der Waals surface area contributed by atoms with Gasteiger partial charge in [0.2, 0.25) is 0 Å². The Balaban J connectivity index is 2.15. The molecule has 1 aliphatic carbocycles. The molecule has 7 heteroatoms. The largest absolute Gasteiger partial charge is 0.488 e. The molecule has 0 aliphatic heterocycles. The van der Waals surface area contributed by atoms with Gasteiger partial charge in [0.1, 0.15) is 17.0 Å². The summed E-state index contributed by atoms with van der Waals surface area (Å²) >= 11 is 0. The molecule has 1 fully saturated rings. The van der Waals surface area contributed by atoms with Crippen LogP contribution < -0.4 is 10.1 Å². The molecule has 1 amide bonds. The van der Waals surface area contributed by atoms with Crippen molar-refractivity contribution in [3.8, 4) is 5.75 Å². The average molecular weight is 308 g/mol. The van der Waals surface area contributed by atoms with Crippen molar-refractivity contribution in [1.29, 1.82) is 0 Å². The molecular formula is C15H20N2O5. The zero-order valence-electron chi connectivity index (χ0n) is 13.1. The van der Waals surface area contributed by atoms with E-state index in [1.54, 1.807) is 20.8 Å². The first-order chi connectivity index (χ1) is 10.3. The summed E-state index contributed by atoms with van der Waals surface area (Å²) in [5, 5.41) is 2.48. The van der Waals surface area contributed by atoms with E-state index in [2.05, 4.69) is 10.3 Å². The molecule has 120 valence electrons. The fraction of sp³-hybridized carbons (Fsp3) is 0.533. The van der Waals surface area contributed by atoms with Crippen LogP contribution in [0.5, 0.6) is 5.75 Å². The van der Waals surface area contributed by atoms with E-state index in [4.69, 9.17) is 14.2 Å². The lowest BCUT2D eigenvalue weighted by molar-refractivity contribution is 0.0591. The van der Waals surface area contributed by atoms with E-state index in [1.807, 2.05) is 0 Å². The van der Waals surface area contributed by atoms with Gasteiger partial charge in [-0.1, -0.05) is 0 Å². The van der Waals surface area contributed by atoms with E-state index in [9.17, 15) is 9.59 Å². The summed E-state index contributed by atoms with van der Waals surface area (Å²) in [6, 6.07) is 1.41. The van der Waals surface area contributed by atoms with Crippen LogP contribution in [0.3, 0.4) is 0 Å². The van der Waals surface area contributed by atoms with E-state index in [1.165, 1.54) is 19.4 Å². The summed E-state index contributed by atoms with van der Waals surface area (Å²) in [5.41, 5.74) is -0.403. The zero-order chi connectivity index (χ0) is 16.3. The number of hydrogen-bond donors (Lipinski definition) is 1. The summed E-state index contributed by atoms with van der Waals surface area (Å²) in [6.45, 7) is 5.27. The molecule has 1 aliphatic rings. The minimum atomic E-state index is -0.647. The number of carbonyl (C=O) groups is 2. The molecule has 0 radical (unpaired) electrons. The normalized spacial score (nSPS) is 14.2. The highest BCUT2D eigenvalue weighted by atomic mass is 16.6. The Kier molecular flexibility index (Phi) is 4.54. The fourth-order valence-electron chi connectivity index (χ4n) is 1.65. The van der Waals surface area contributed by atoms with Crippen LogP contribution in [0.2, 0.25) is 0 Å². The van der Waals surface area contributed by atoms with E-state index in [0.29, 0.717) is 5.75 Å². The van der Waals surface area contributed by atoms with E-state index in [0.717, 1.165) is 12.8 Å². The third kappa shape index (κ3) is 4.61. The van der Waals surface area contributed by atoms with Crippen LogP contribution in [-0.2, 0) is 9.47 Å². The van der Waals surface area contributed by atoms with Crippen LogP contribution in [0.4, 0.5) is 10.6 Å². The topological polar surface area (TPSA) is 86.8 Å². The number of carbonyl (C=O) groups excluding carboxylic acids is 2. The first-order valence-electron chi connectivity index (χ1n) is 7.03. The van der Waals surface area contributed by atoms with Crippen molar-refractivity contribution < 1.29 is 23.8 Å². The van der Waals surface area contributed by atoms with Crippen LogP contribution in [-0.4, -0.2) is 35.9 Å². The molecule has 1 aromatic rings. The maximum atomic E-state index is 11.8. The number of methoxy groups -OCH3 is 1. The Morgan fingerprint density at radius 1 is 1.32 bits per heavy atom. The Labute approximate surface area is 129 Å². The Hall–Kier alpha value is -2.31. The molecule has 1 saturated carbocycles. The lowest BCUT2D eigenvalue weighted by atomic mass is 10.2. The van der Waals surface area contributed by atoms with E-state index < -0.39 is 17.7 Å². The van der Waals surface area contributed by atoms with Gasteiger partial charge in [-0.3, -0.25) is 5.32 Å². The van der Waals surface area contributed by atoms with Crippen LogP contribution >= 0.6 is 0 Å². The standard InChI is InChI=1S/C15H20N2O5/c1-15(2,3)22-14(19)17-12-7-10(13(18)20-4)11(8-16-12)21-9-5-6-9/h7-9H,5-6H2,1-4H3,(H,16,17,19). The Morgan fingerprint density at radius 3 is 2.55 bits per heavy atom. The molecule has 2 rings (SSSR count). The first kappa shape index (κ1) is 16.1. The van der Waals surface area contributed by atoms with Crippen molar-refractivity contribution in [2.45, 2.75) is 45.3 Å². The number of anilines is 1. The van der Waals surface area contributed by atoms with Gasteiger partial charge in [-0.15, -0.1) is 0 Å². The summed E-state index contributed by atoms with van der Waals surface area (Å²) in [7, 11) is 1.28. The lowest BCUT2D eigenvalue weighted by Crippen LogP contribution is -2.27. The van der Waals surface area contributed by atoms with E-state index >= 15 is 0 Å². The molecule has 1 aromatic heterocycles. The highest BCUT2D eigenvalue weighted by molar-refractivity contribution is 5.94. The quantitative estimate of drug-likeness (QED) is 0.861. The molecule has 0 saturated heterocycles. The van der Waals surface area contributed by atoms with Gasteiger partial charge in [0.25, 0.3) is 0 Å². The molecule has 0 bridgehead atoms. The molecule has 0 aromatic carbocycles. The van der Waals surface area contributed by atoms with Crippen LogP contribution in [0.25, 0.3) is 0 Å². The maximum Gasteiger partial charge on any atom is 0.413 e. The average Bonchev–Trinajstić information content (AvgIpc) is 3.21. The number of aromatic nitrogens is 1. The van der Waals surface area contributed by atoms with Crippen molar-refractivity contribution >= 4 is 17.9 Å². The third-order valence-electron chi connectivity index (χ3n) is 2.72. The molecule has 7 nitrogen and oxygen atoms in total. The number of esters is 1. The number of ether oxygens (including phenoxy) is 3. The minimum absolute atomic E-state index is 0.120. The van der Waals surface area contributed by atoms with Gasteiger partial charge in [-0.25, -0.2) is 14.6 Å². The summed E-state index contributed by atoms with van der Waals surface area (Å²) < 4.78 is 15.5. The van der Waals surface area contributed by atoms with Gasteiger partial charge in [-0.05, 0) is 39.7 Å². The highest BCUT2D eigenvalue weighted by Crippen LogP contribution is 2.30. The summed E-state index contributed by atoms with van der Waals surface area (Å²) in [4.78, 5) is 27.6. The number of nitrogens with zero attached hydrogens (tertiary/aromatic N) is 1. The smallest absolute Gasteiger partial charge is 0.413 e. The van der Waals surface area contributed by atoms with Crippen molar-refractivity contribution in [2.75, 3.05) is 12.4 Å².